The second kappa shape index (κ2) is 3.62. The van der Waals surface area contributed by atoms with Crippen LogP contribution in [0.3, 0.4) is 0 Å². The van der Waals surface area contributed by atoms with Crippen molar-refractivity contribution in [3.8, 4) is 0 Å². The average molecular weight is 248 g/mol. The molecule has 3 aliphatic rings. The lowest BCUT2D eigenvalue weighted by molar-refractivity contribution is -0.103. The predicted octanol–water partition coefficient (Wildman–Crippen LogP) is 4.58. The molecule has 0 amide bonds. The molecule has 0 aliphatic heterocycles. The quantitative estimate of drug-likeness (QED) is 0.650. The summed E-state index contributed by atoms with van der Waals surface area (Å²) in [6.07, 6.45) is 6.79. The van der Waals surface area contributed by atoms with Crippen LogP contribution in [0.2, 0.25) is 0 Å². The van der Waals surface area contributed by atoms with Crippen molar-refractivity contribution in [3.63, 3.8) is 0 Å². The SMILES string of the molecule is COCC12CCC(C)C3(CCC(C)=C3C1)C2(C)C. The van der Waals surface area contributed by atoms with Crippen molar-refractivity contribution in [1.82, 2.24) is 0 Å². The number of fused-ring (bicyclic) bond motifs is 1. The van der Waals surface area contributed by atoms with Crippen molar-refractivity contribution in [2.24, 2.45) is 22.2 Å². The number of rotatable bonds is 2. The van der Waals surface area contributed by atoms with Gasteiger partial charge in [-0.25, -0.2) is 0 Å². The predicted molar refractivity (Wildman–Crippen MR) is 75.5 cm³/mol. The molecule has 18 heavy (non-hydrogen) atoms. The van der Waals surface area contributed by atoms with E-state index in [0.717, 1.165) is 12.5 Å². The fourth-order valence-electron chi connectivity index (χ4n) is 5.98. The van der Waals surface area contributed by atoms with Gasteiger partial charge in [0.2, 0.25) is 0 Å². The molecule has 3 rings (SSSR count). The third-order valence-corrected chi connectivity index (χ3v) is 7.22. The highest BCUT2D eigenvalue weighted by Gasteiger charge is 2.69. The van der Waals surface area contributed by atoms with E-state index in [1.54, 1.807) is 5.57 Å². The second-order valence-corrected chi connectivity index (χ2v) is 7.69. The van der Waals surface area contributed by atoms with Crippen molar-refractivity contribution < 1.29 is 4.74 Å². The molecule has 2 fully saturated rings. The van der Waals surface area contributed by atoms with Gasteiger partial charge in [-0.1, -0.05) is 31.9 Å². The highest BCUT2D eigenvalue weighted by molar-refractivity contribution is 5.40. The molecule has 2 bridgehead atoms. The van der Waals surface area contributed by atoms with Crippen LogP contribution in [-0.4, -0.2) is 13.7 Å². The van der Waals surface area contributed by atoms with Gasteiger partial charge in [-0.2, -0.15) is 0 Å². The van der Waals surface area contributed by atoms with E-state index >= 15 is 0 Å². The molecule has 0 heterocycles. The zero-order valence-corrected chi connectivity index (χ0v) is 12.7. The summed E-state index contributed by atoms with van der Waals surface area (Å²) in [4.78, 5) is 0. The van der Waals surface area contributed by atoms with Gasteiger partial charge >= 0.3 is 0 Å². The molecule has 2 saturated carbocycles. The lowest BCUT2D eigenvalue weighted by Crippen LogP contribution is -2.52. The van der Waals surface area contributed by atoms with E-state index in [1.165, 1.54) is 32.1 Å². The first-order valence-electron chi connectivity index (χ1n) is 7.59. The Morgan fingerprint density at radius 3 is 2.67 bits per heavy atom. The number of ether oxygens (including phenoxy) is 1. The molecule has 0 aromatic heterocycles. The molecule has 3 atom stereocenters. The first kappa shape index (κ1) is 12.7. The lowest BCUT2D eigenvalue weighted by Gasteiger charge is -2.56. The number of hydrogen-bond donors (Lipinski definition) is 0. The molecule has 1 spiro atoms. The van der Waals surface area contributed by atoms with Crippen LogP contribution in [0.4, 0.5) is 0 Å². The van der Waals surface area contributed by atoms with Crippen molar-refractivity contribution >= 4 is 0 Å². The maximum absolute atomic E-state index is 5.65. The molecule has 1 heteroatoms. The molecule has 0 saturated heterocycles. The summed E-state index contributed by atoms with van der Waals surface area (Å²) in [5.74, 6) is 0.854. The first-order chi connectivity index (χ1) is 8.41. The molecular weight excluding hydrogens is 220 g/mol. The minimum Gasteiger partial charge on any atom is -0.384 e. The van der Waals surface area contributed by atoms with Gasteiger partial charge in [-0.05, 0) is 50.4 Å². The molecule has 0 aromatic rings. The fourth-order valence-corrected chi connectivity index (χ4v) is 5.98. The van der Waals surface area contributed by atoms with Crippen molar-refractivity contribution in [3.05, 3.63) is 11.1 Å². The highest BCUT2D eigenvalue weighted by atomic mass is 16.5. The van der Waals surface area contributed by atoms with Crippen molar-refractivity contribution in [2.45, 2.75) is 59.8 Å². The Labute approximate surface area is 112 Å². The van der Waals surface area contributed by atoms with E-state index in [4.69, 9.17) is 4.74 Å². The van der Waals surface area contributed by atoms with Crippen LogP contribution in [-0.2, 0) is 4.74 Å². The summed E-state index contributed by atoms with van der Waals surface area (Å²) in [6.45, 7) is 10.9. The Morgan fingerprint density at radius 1 is 1.28 bits per heavy atom. The largest absolute Gasteiger partial charge is 0.384 e. The standard InChI is InChI=1S/C17H28O/c1-12-6-9-17-13(2)7-8-16(11-18-5,10-14(12)17)15(17,3)4/h13H,6-11H2,1-5H3. The summed E-state index contributed by atoms with van der Waals surface area (Å²) in [7, 11) is 1.88. The molecule has 0 radical (unpaired) electrons. The third-order valence-electron chi connectivity index (χ3n) is 7.22. The minimum absolute atomic E-state index is 0.404. The molecule has 1 nitrogen and oxygen atoms in total. The van der Waals surface area contributed by atoms with E-state index in [1.807, 2.05) is 12.7 Å². The van der Waals surface area contributed by atoms with Gasteiger partial charge in [0.15, 0.2) is 0 Å². The van der Waals surface area contributed by atoms with Gasteiger partial charge in [0.1, 0.15) is 0 Å². The molecule has 3 aliphatic carbocycles. The van der Waals surface area contributed by atoms with Crippen LogP contribution in [0.15, 0.2) is 11.1 Å². The summed E-state index contributed by atoms with van der Waals surface area (Å²) in [5.41, 5.74) is 4.84. The van der Waals surface area contributed by atoms with E-state index in [0.29, 0.717) is 16.2 Å². The van der Waals surface area contributed by atoms with Crippen LogP contribution in [0.25, 0.3) is 0 Å². The maximum atomic E-state index is 5.65. The van der Waals surface area contributed by atoms with Crippen LogP contribution in [0.5, 0.6) is 0 Å². The molecule has 0 aromatic carbocycles. The Kier molecular flexibility index (Phi) is 2.56. The Morgan fingerprint density at radius 2 is 2.00 bits per heavy atom. The molecule has 3 unspecified atom stereocenters. The van der Waals surface area contributed by atoms with Crippen molar-refractivity contribution in [1.29, 1.82) is 0 Å². The van der Waals surface area contributed by atoms with Gasteiger partial charge in [0.05, 0.1) is 6.61 Å². The molecule has 102 valence electrons. The van der Waals surface area contributed by atoms with Crippen LogP contribution in [0, 0.1) is 22.2 Å². The van der Waals surface area contributed by atoms with Gasteiger partial charge in [0.25, 0.3) is 0 Å². The lowest BCUT2D eigenvalue weighted by atomic mass is 9.48. The van der Waals surface area contributed by atoms with Crippen LogP contribution < -0.4 is 0 Å². The number of methoxy groups -OCH3 is 1. The van der Waals surface area contributed by atoms with Gasteiger partial charge in [0, 0.05) is 17.9 Å². The zero-order valence-electron chi connectivity index (χ0n) is 12.7. The van der Waals surface area contributed by atoms with Crippen molar-refractivity contribution in [2.75, 3.05) is 13.7 Å². The number of allylic oxidation sites excluding steroid dienone is 2. The van der Waals surface area contributed by atoms with Gasteiger partial charge in [-0.3, -0.25) is 0 Å². The van der Waals surface area contributed by atoms with Crippen LogP contribution >= 0.6 is 0 Å². The summed E-state index contributed by atoms with van der Waals surface area (Å²) >= 11 is 0. The maximum Gasteiger partial charge on any atom is 0.0527 e. The van der Waals surface area contributed by atoms with E-state index in [-0.39, 0.29) is 0 Å². The Hall–Kier alpha value is -0.300. The van der Waals surface area contributed by atoms with Gasteiger partial charge < -0.3 is 4.74 Å². The monoisotopic (exact) mass is 248 g/mol. The summed E-state index contributed by atoms with van der Waals surface area (Å²) in [5, 5.41) is 0. The Balaban J connectivity index is 2.17. The summed E-state index contributed by atoms with van der Waals surface area (Å²) < 4.78 is 5.65. The third kappa shape index (κ3) is 1.13. The summed E-state index contributed by atoms with van der Waals surface area (Å²) in [6, 6.07) is 0. The normalized spacial score (nSPS) is 45.5. The molecule has 0 N–H and O–H groups in total. The second-order valence-electron chi connectivity index (χ2n) is 7.69. The average Bonchev–Trinajstić information content (AvgIpc) is 2.66. The fraction of sp³-hybridized carbons (Fsp3) is 0.882. The minimum atomic E-state index is 0.404. The smallest absolute Gasteiger partial charge is 0.0527 e. The first-order valence-corrected chi connectivity index (χ1v) is 7.59. The van der Waals surface area contributed by atoms with E-state index in [9.17, 15) is 0 Å². The van der Waals surface area contributed by atoms with Crippen LogP contribution in [0.1, 0.15) is 59.8 Å². The molecular formula is C17H28O. The van der Waals surface area contributed by atoms with Gasteiger partial charge in [-0.15, -0.1) is 0 Å². The van der Waals surface area contributed by atoms with E-state index in [2.05, 4.69) is 27.7 Å². The Bertz CT molecular complexity index is 406. The number of hydrogen-bond acceptors (Lipinski definition) is 1. The zero-order chi connectivity index (χ0) is 13.2. The van der Waals surface area contributed by atoms with E-state index < -0.39 is 0 Å². The highest BCUT2D eigenvalue weighted by Crippen LogP contribution is 2.77. The topological polar surface area (TPSA) is 9.23 Å².